The molecule has 2 atom stereocenters. The molecule has 2 fully saturated rings. The van der Waals surface area contributed by atoms with E-state index in [1.807, 2.05) is 12.5 Å². The summed E-state index contributed by atoms with van der Waals surface area (Å²) in [6.07, 6.45) is 12.6. The van der Waals surface area contributed by atoms with E-state index in [0.717, 1.165) is 5.92 Å². The zero-order valence-corrected chi connectivity index (χ0v) is 13.5. The van der Waals surface area contributed by atoms with Crippen LogP contribution in [-0.4, -0.2) is 46.2 Å². The third-order valence-corrected chi connectivity index (χ3v) is 5.05. The lowest BCUT2D eigenvalue weighted by Gasteiger charge is -2.36. The summed E-state index contributed by atoms with van der Waals surface area (Å²) in [5.41, 5.74) is 0. The highest BCUT2D eigenvalue weighted by Crippen LogP contribution is 2.31. The molecule has 1 aromatic rings. The monoisotopic (exact) mass is 290 g/mol. The van der Waals surface area contributed by atoms with E-state index in [1.165, 1.54) is 51.7 Å². The number of imidazole rings is 1. The van der Waals surface area contributed by atoms with E-state index in [4.69, 9.17) is 0 Å². The maximum absolute atomic E-state index is 4.21. The molecular weight excluding hydrogens is 260 g/mol. The Morgan fingerprint density at radius 2 is 2.00 bits per heavy atom. The molecule has 1 saturated heterocycles. The lowest BCUT2D eigenvalue weighted by Crippen LogP contribution is -2.48. The largest absolute Gasteiger partial charge is 0.333 e. The minimum Gasteiger partial charge on any atom is -0.333 e. The van der Waals surface area contributed by atoms with Crippen molar-refractivity contribution >= 4 is 0 Å². The van der Waals surface area contributed by atoms with Crippen LogP contribution in [0.2, 0.25) is 0 Å². The van der Waals surface area contributed by atoms with Crippen LogP contribution >= 0.6 is 0 Å². The van der Waals surface area contributed by atoms with Gasteiger partial charge in [-0.25, -0.2) is 4.98 Å². The van der Waals surface area contributed by atoms with Crippen molar-refractivity contribution in [3.8, 4) is 0 Å². The number of nitrogens with one attached hydrogen (secondary N) is 1. The maximum Gasteiger partial charge on any atom is 0.0949 e. The maximum atomic E-state index is 4.21. The van der Waals surface area contributed by atoms with Crippen LogP contribution in [0, 0.1) is 5.92 Å². The first-order valence-electron chi connectivity index (χ1n) is 8.68. The Morgan fingerprint density at radius 1 is 1.19 bits per heavy atom. The van der Waals surface area contributed by atoms with Crippen molar-refractivity contribution in [1.29, 1.82) is 0 Å². The SMILES string of the molecule is CC(C)CN1CCC(NC2CCCC2n2ccnc2)CC1. The summed E-state index contributed by atoms with van der Waals surface area (Å²) in [5.74, 6) is 0.787. The molecule has 1 aliphatic carbocycles. The second-order valence-corrected chi connectivity index (χ2v) is 7.25. The van der Waals surface area contributed by atoms with Gasteiger partial charge >= 0.3 is 0 Å². The summed E-state index contributed by atoms with van der Waals surface area (Å²) in [6.45, 7) is 8.42. The van der Waals surface area contributed by atoms with E-state index >= 15 is 0 Å². The van der Waals surface area contributed by atoms with E-state index in [0.29, 0.717) is 18.1 Å². The Bertz CT molecular complexity index is 406. The Morgan fingerprint density at radius 3 is 2.67 bits per heavy atom. The van der Waals surface area contributed by atoms with Gasteiger partial charge in [-0.2, -0.15) is 0 Å². The Balaban J connectivity index is 1.49. The topological polar surface area (TPSA) is 33.1 Å². The normalized spacial score (nSPS) is 28.5. The molecule has 0 radical (unpaired) electrons. The van der Waals surface area contributed by atoms with Gasteiger partial charge in [0.1, 0.15) is 0 Å². The lowest BCUT2D eigenvalue weighted by molar-refractivity contribution is 0.170. The van der Waals surface area contributed by atoms with Gasteiger partial charge in [-0.05, 0) is 51.1 Å². The molecule has 0 bridgehead atoms. The highest BCUT2D eigenvalue weighted by molar-refractivity contribution is 4.94. The molecule has 1 aliphatic heterocycles. The summed E-state index contributed by atoms with van der Waals surface area (Å²) < 4.78 is 2.30. The van der Waals surface area contributed by atoms with Gasteiger partial charge < -0.3 is 14.8 Å². The summed E-state index contributed by atoms with van der Waals surface area (Å²) >= 11 is 0. The van der Waals surface area contributed by atoms with Crippen LogP contribution < -0.4 is 5.32 Å². The van der Waals surface area contributed by atoms with E-state index < -0.39 is 0 Å². The average Bonchev–Trinajstić information content (AvgIpc) is 3.11. The Hall–Kier alpha value is -0.870. The number of hydrogen-bond acceptors (Lipinski definition) is 3. The molecular formula is C17H30N4. The minimum atomic E-state index is 0.612. The summed E-state index contributed by atoms with van der Waals surface area (Å²) in [4.78, 5) is 6.84. The minimum absolute atomic E-state index is 0.612. The zero-order valence-electron chi connectivity index (χ0n) is 13.5. The highest BCUT2D eigenvalue weighted by atomic mass is 15.2. The zero-order chi connectivity index (χ0) is 14.7. The molecule has 2 aliphatic rings. The van der Waals surface area contributed by atoms with Gasteiger partial charge in [0.25, 0.3) is 0 Å². The van der Waals surface area contributed by atoms with Crippen molar-refractivity contribution in [2.24, 2.45) is 5.92 Å². The van der Waals surface area contributed by atoms with E-state index in [2.05, 4.69) is 39.8 Å². The van der Waals surface area contributed by atoms with Gasteiger partial charge in [-0.15, -0.1) is 0 Å². The lowest BCUT2D eigenvalue weighted by atomic mass is 10.0. The van der Waals surface area contributed by atoms with Crippen molar-refractivity contribution in [2.75, 3.05) is 19.6 Å². The number of rotatable bonds is 5. The molecule has 118 valence electrons. The standard InChI is InChI=1S/C17H30N4/c1-14(2)12-20-9-6-15(7-10-20)19-16-4-3-5-17(16)21-11-8-18-13-21/h8,11,13-17,19H,3-7,9-10,12H2,1-2H3. The molecule has 0 spiro atoms. The van der Waals surface area contributed by atoms with Crippen molar-refractivity contribution in [2.45, 2.75) is 64.1 Å². The predicted molar refractivity (Wildman–Crippen MR) is 86.3 cm³/mol. The summed E-state index contributed by atoms with van der Waals surface area (Å²) in [5, 5.41) is 3.95. The molecule has 0 amide bonds. The van der Waals surface area contributed by atoms with Gasteiger partial charge in [-0.1, -0.05) is 13.8 Å². The molecule has 1 aromatic heterocycles. The third kappa shape index (κ3) is 3.86. The van der Waals surface area contributed by atoms with Gasteiger partial charge in [0.2, 0.25) is 0 Å². The third-order valence-electron chi connectivity index (χ3n) is 5.05. The first-order chi connectivity index (χ1) is 10.2. The van der Waals surface area contributed by atoms with Crippen LogP contribution in [0.25, 0.3) is 0 Å². The van der Waals surface area contributed by atoms with Crippen LogP contribution in [0.3, 0.4) is 0 Å². The van der Waals surface area contributed by atoms with Gasteiger partial charge in [0.15, 0.2) is 0 Å². The van der Waals surface area contributed by atoms with E-state index in [9.17, 15) is 0 Å². The van der Waals surface area contributed by atoms with Crippen LogP contribution in [0.4, 0.5) is 0 Å². The Kier molecular flexibility index (Phi) is 4.96. The summed E-state index contributed by atoms with van der Waals surface area (Å²) in [6, 6.07) is 1.96. The molecule has 2 unspecified atom stereocenters. The van der Waals surface area contributed by atoms with E-state index in [-0.39, 0.29) is 0 Å². The molecule has 1 saturated carbocycles. The van der Waals surface area contributed by atoms with Crippen molar-refractivity contribution in [1.82, 2.24) is 19.8 Å². The van der Waals surface area contributed by atoms with Crippen LogP contribution in [0.15, 0.2) is 18.7 Å². The van der Waals surface area contributed by atoms with Crippen LogP contribution in [-0.2, 0) is 0 Å². The second-order valence-electron chi connectivity index (χ2n) is 7.25. The molecule has 21 heavy (non-hydrogen) atoms. The van der Waals surface area contributed by atoms with Gasteiger partial charge in [0.05, 0.1) is 6.33 Å². The number of hydrogen-bond donors (Lipinski definition) is 1. The quantitative estimate of drug-likeness (QED) is 0.905. The molecule has 4 nitrogen and oxygen atoms in total. The summed E-state index contributed by atoms with van der Waals surface area (Å²) in [7, 11) is 0. The first kappa shape index (κ1) is 15.0. The van der Waals surface area contributed by atoms with Crippen molar-refractivity contribution in [3.63, 3.8) is 0 Å². The van der Waals surface area contributed by atoms with Crippen LogP contribution in [0.1, 0.15) is 52.0 Å². The predicted octanol–water partition coefficient (Wildman–Crippen LogP) is 2.69. The second kappa shape index (κ2) is 6.93. The molecule has 0 aromatic carbocycles. The fourth-order valence-corrected chi connectivity index (χ4v) is 4.06. The van der Waals surface area contributed by atoms with Crippen LogP contribution in [0.5, 0.6) is 0 Å². The smallest absolute Gasteiger partial charge is 0.0949 e. The van der Waals surface area contributed by atoms with Gasteiger partial charge in [-0.3, -0.25) is 0 Å². The number of likely N-dealkylation sites (tertiary alicyclic amines) is 1. The van der Waals surface area contributed by atoms with Crippen molar-refractivity contribution < 1.29 is 0 Å². The number of piperidine rings is 1. The van der Waals surface area contributed by atoms with Crippen molar-refractivity contribution in [3.05, 3.63) is 18.7 Å². The number of nitrogens with zero attached hydrogens (tertiary/aromatic N) is 3. The molecule has 2 heterocycles. The first-order valence-corrected chi connectivity index (χ1v) is 8.68. The average molecular weight is 290 g/mol. The number of aromatic nitrogens is 2. The van der Waals surface area contributed by atoms with E-state index in [1.54, 1.807) is 0 Å². The Labute approximate surface area is 128 Å². The highest BCUT2D eigenvalue weighted by Gasteiger charge is 2.31. The molecule has 3 rings (SSSR count). The van der Waals surface area contributed by atoms with Gasteiger partial charge in [0, 0.05) is 37.1 Å². The fraction of sp³-hybridized carbons (Fsp3) is 0.824. The molecule has 4 heteroatoms. The molecule has 1 N–H and O–H groups in total. The fourth-order valence-electron chi connectivity index (χ4n) is 4.06.